The van der Waals surface area contributed by atoms with Crippen LogP contribution in [0.15, 0.2) is 11.6 Å². The number of rotatable bonds is 1. The van der Waals surface area contributed by atoms with Gasteiger partial charge < -0.3 is 5.11 Å². The van der Waals surface area contributed by atoms with E-state index < -0.39 is 0 Å². The summed E-state index contributed by atoms with van der Waals surface area (Å²) in [6, 6.07) is 0. The molecule has 0 bridgehead atoms. The normalized spacial score (nSPS) is 49.2. The number of aliphatic hydroxyl groups is 1. The van der Waals surface area contributed by atoms with Gasteiger partial charge in [-0.25, -0.2) is 0 Å². The van der Waals surface area contributed by atoms with Crippen LogP contribution in [0.5, 0.6) is 0 Å². The zero-order valence-corrected chi connectivity index (χ0v) is 16.5. The van der Waals surface area contributed by atoms with Crippen molar-refractivity contribution in [1.82, 2.24) is 0 Å². The quantitative estimate of drug-likeness (QED) is 0.692. The maximum absolute atomic E-state index is 11.9. The molecule has 26 heavy (non-hydrogen) atoms. The van der Waals surface area contributed by atoms with E-state index >= 15 is 0 Å². The van der Waals surface area contributed by atoms with Gasteiger partial charge >= 0.3 is 0 Å². The van der Waals surface area contributed by atoms with E-state index in [2.05, 4.69) is 6.92 Å². The summed E-state index contributed by atoms with van der Waals surface area (Å²) in [6.45, 7) is 2.43. The van der Waals surface area contributed by atoms with E-state index in [-0.39, 0.29) is 11.5 Å². The zero-order valence-electron chi connectivity index (χ0n) is 16.5. The predicted octanol–water partition coefficient (Wildman–Crippen LogP) is 5.30. The maximum Gasteiger partial charge on any atom is 0.155 e. The molecule has 7 atom stereocenters. The van der Waals surface area contributed by atoms with E-state index in [4.69, 9.17) is 0 Å². The van der Waals surface area contributed by atoms with Crippen LogP contribution in [0.4, 0.5) is 0 Å². The highest BCUT2D eigenvalue weighted by molar-refractivity contribution is 5.91. The molecule has 4 saturated carbocycles. The molecule has 5 aliphatic carbocycles. The van der Waals surface area contributed by atoms with Crippen LogP contribution in [0.1, 0.15) is 84.0 Å². The monoisotopic (exact) mass is 356 g/mol. The molecule has 0 aromatic rings. The van der Waals surface area contributed by atoms with E-state index in [0.717, 1.165) is 42.9 Å². The second kappa shape index (κ2) is 6.47. The standard InChI is InChI=1S/C24H36O2/c1-24-12-11-19-18-10-8-17(25)13-16(18)7-9-20(19)22(24)14-21(23(24)26)15-5-3-2-4-6-15/h13,15,18-23,26H,2-12,14H2,1H3/t18-,19+,20+,21+,22-,23-,24-/m0/s1. The van der Waals surface area contributed by atoms with Crippen molar-refractivity contribution in [3.63, 3.8) is 0 Å². The lowest BCUT2D eigenvalue weighted by molar-refractivity contribution is -0.116. The van der Waals surface area contributed by atoms with Crippen molar-refractivity contribution in [2.45, 2.75) is 90.1 Å². The summed E-state index contributed by atoms with van der Waals surface area (Å²) in [4.78, 5) is 11.9. The Morgan fingerprint density at radius 1 is 0.962 bits per heavy atom. The number of carbonyl (C=O) groups excluding carboxylic acids is 1. The van der Waals surface area contributed by atoms with E-state index in [1.807, 2.05) is 6.08 Å². The van der Waals surface area contributed by atoms with Crippen LogP contribution in [0.2, 0.25) is 0 Å². The van der Waals surface area contributed by atoms with Gasteiger partial charge in [-0.1, -0.05) is 44.6 Å². The number of aliphatic hydroxyl groups excluding tert-OH is 1. The SMILES string of the molecule is C[C@]12CC[C@H]3[C@@H](CCC4=CC(=O)CC[C@@H]43)[C@@H]1C[C@H](C1CCCCC1)[C@@H]2O. The Labute approximate surface area is 158 Å². The first-order valence-electron chi connectivity index (χ1n) is 11.5. The van der Waals surface area contributed by atoms with Crippen molar-refractivity contribution < 1.29 is 9.90 Å². The molecule has 0 aliphatic heterocycles. The Bertz CT molecular complexity index is 601. The average molecular weight is 357 g/mol. The summed E-state index contributed by atoms with van der Waals surface area (Å²) < 4.78 is 0. The molecule has 4 fully saturated rings. The molecular weight excluding hydrogens is 320 g/mol. The molecule has 0 unspecified atom stereocenters. The topological polar surface area (TPSA) is 37.3 Å². The minimum atomic E-state index is -0.0681. The first kappa shape index (κ1) is 17.5. The number of hydrogen-bond acceptors (Lipinski definition) is 2. The number of ketones is 1. The van der Waals surface area contributed by atoms with Crippen molar-refractivity contribution in [2.75, 3.05) is 0 Å². The fourth-order valence-electron chi connectivity index (χ4n) is 8.26. The van der Waals surface area contributed by atoms with Crippen LogP contribution < -0.4 is 0 Å². The maximum atomic E-state index is 11.9. The van der Waals surface area contributed by atoms with Crippen molar-refractivity contribution >= 4 is 5.78 Å². The Morgan fingerprint density at radius 3 is 2.58 bits per heavy atom. The Morgan fingerprint density at radius 2 is 1.77 bits per heavy atom. The van der Waals surface area contributed by atoms with Gasteiger partial charge in [0.05, 0.1) is 6.10 Å². The van der Waals surface area contributed by atoms with Gasteiger partial charge in [-0.2, -0.15) is 0 Å². The fourth-order valence-corrected chi connectivity index (χ4v) is 8.26. The van der Waals surface area contributed by atoms with Gasteiger partial charge in [-0.05, 0) is 85.5 Å². The van der Waals surface area contributed by atoms with E-state index in [0.29, 0.717) is 17.6 Å². The Hall–Kier alpha value is -0.630. The van der Waals surface area contributed by atoms with Crippen molar-refractivity contribution in [2.24, 2.45) is 40.9 Å². The molecule has 0 heterocycles. The average Bonchev–Trinajstić information content (AvgIpc) is 2.93. The smallest absolute Gasteiger partial charge is 0.155 e. The largest absolute Gasteiger partial charge is 0.392 e. The van der Waals surface area contributed by atoms with Crippen LogP contribution in [-0.4, -0.2) is 17.0 Å². The Kier molecular flexibility index (Phi) is 4.34. The lowest BCUT2D eigenvalue weighted by Crippen LogP contribution is -2.48. The highest BCUT2D eigenvalue weighted by atomic mass is 16.3. The number of hydrogen-bond donors (Lipinski definition) is 1. The first-order chi connectivity index (χ1) is 12.6. The molecule has 0 amide bonds. The van der Waals surface area contributed by atoms with Gasteiger partial charge in [-0.15, -0.1) is 0 Å². The molecule has 1 N–H and O–H groups in total. The third-order valence-electron chi connectivity index (χ3n) is 9.60. The third-order valence-corrected chi connectivity index (χ3v) is 9.60. The highest BCUT2D eigenvalue weighted by Gasteiger charge is 2.59. The van der Waals surface area contributed by atoms with E-state index in [9.17, 15) is 9.90 Å². The van der Waals surface area contributed by atoms with Crippen LogP contribution in [0.3, 0.4) is 0 Å². The van der Waals surface area contributed by atoms with E-state index in [1.165, 1.54) is 63.4 Å². The van der Waals surface area contributed by atoms with Gasteiger partial charge in [0.1, 0.15) is 0 Å². The van der Waals surface area contributed by atoms with Gasteiger partial charge in [0.15, 0.2) is 5.78 Å². The van der Waals surface area contributed by atoms with Crippen LogP contribution in [0.25, 0.3) is 0 Å². The summed E-state index contributed by atoms with van der Waals surface area (Å²) in [5.41, 5.74) is 1.64. The predicted molar refractivity (Wildman–Crippen MR) is 104 cm³/mol. The van der Waals surface area contributed by atoms with Crippen molar-refractivity contribution in [1.29, 1.82) is 0 Å². The summed E-state index contributed by atoms with van der Waals surface area (Å²) in [7, 11) is 0. The van der Waals surface area contributed by atoms with Crippen LogP contribution in [0, 0.1) is 40.9 Å². The molecule has 0 spiro atoms. The fraction of sp³-hybridized carbons (Fsp3) is 0.875. The molecule has 144 valence electrons. The third kappa shape index (κ3) is 2.58. The molecule has 0 aromatic carbocycles. The zero-order chi connectivity index (χ0) is 17.9. The van der Waals surface area contributed by atoms with Gasteiger partial charge in [0.2, 0.25) is 0 Å². The summed E-state index contributed by atoms with van der Waals surface area (Å²) in [6.07, 6.45) is 16.9. The molecule has 5 aliphatic rings. The summed E-state index contributed by atoms with van der Waals surface area (Å²) >= 11 is 0. The second-order valence-corrected chi connectivity index (χ2v) is 10.6. The van der Waals surface area contributed by atoms with E-state index in [1.54, 1.807) is 0 Å². The first-order valence-corrected chi connectivity index (χ1v) is 11.5. The Balaban J connectivity index is 1.39. The molecule has 2 nitrogen and oxygen atoms in total. The van der Waals surface area contributed by atoms with Crippen LogP contribution >= 0.6 is 0 Å². The highest BCUT2D eigenvalue weighted by Crippen LogP contribution is 2.64. The molecule has 0 radical (unpaired) electrons. The lowest BCUT2D eigenvalue weighted by Gasteiger charge is -2.53. The molecule has 2 heteroatoms. The molecule has 0 saturated heterocycles. The molecule has 0 aromatic heterocycles. The summed E-state index contributed by atoms with van der Waals surface area (Å²) in [5, 5.41) is 11.4. The number of fused-ring (bicyclic) bond motifs is 5. The van der Waals surface area contributed by atoms with Crippen LogP contribution in [-0.2, 0) is 4.79 Å². The number of allylic oxidation sites excluding steroid dienone is 1. The minimum absolute atomic E-state index is 0.0681. The van der Waals surface area contributed by atoms with Gasteiger partial charge in [0.25, 0.3) is 0 Å². The van der Waals surface area contributed by atoms with Crippen molar-refractivity contribution in [3.8, 4) is 0 Å². The van der Waals surface area contributed by atoms with Gasteiger partial charge in [-0.3, -0.25) is 4.79 Å². The molecule has 5 rings (SSSR count). The second-order valence-electron chi connectivity index (χ2n) is 10.6. The van der Waals surface area contributed by atoms with Crippen molar-refractivity contribution in [3.05, 3.63) is 11.6 Å². The number of carbonyl (C=O) groups is 1. The lowest BCUT2D eigenvalue weighted by atomic mass is 9.52. The summed E-state index contributed by atoms with van der Waals surface area (Å²) in [5.74, 6) is 4.71. The molecular formula is C24H36O2. The minimum Gasteiger partial charge on any atom is -0.392 e. The van der Waals surface area contributed by atoms with Gasteiger partial charge in [0, 0.05) is 6.42 Å².